The van der Waals surface area contributed by atoms with Crippen molar-refractivity contribution in [3.05, 3.63) is 48.5 Å². The average molecular weight is 403 g/mol. The van der Waals surface area contributed by atoms with Crippen molar-refractivity contribution < 1.29 is 14.8 Å². The molecule has 0 aliphatic carbocycles. The number of H-pyrrole nitrogens is 2. The molecule has 11 heteroatoms. The van der Waals surface area contributed by atoms with Gasteiger partial charge in [-0.3, -0.25) is 24.5 Å². The van der Waals surface area contributed by atoms with E-state index in [9.17, 15) is 24.5 Å². The van der Waals surface area contributed by atoms with Crippen molar-refractivity contribution >= 4 is 39.7 Å². The molecule has 0 unspecified atom stereocenters. The van der Waals surface area contributed by atoms with E-state index >= 15 is 0 Å². The van der Waals surface area contributed by atoms with Crippen molar-refractivity contribution in [1.29, 1.82) is 0 Å². The minimum Gasteiger partial charge on any atom is -0.480 e. The van der Waals surface area contributed by atoms with Gasteiger partial charge in [0.05, 0.1) is 16.0 Å². The van der Waals surface area contributed by atoms with Crippen LogP contribution in [0.2, 0.25) is 0 Å². The van der Waals surface area contributed by atoms with Gasteiger partial charge in [0.2, 0.25) is 0 Å². The summed E-state index contributed by atoms with van der Waals surface area (Å²) in [5.41, 5.74) is -1.15. The molecule has 0 saturated carbocycles. The summed E-state index contributed by atoms with van der Waals surface area (Å²) in [7, 11) is 0. The zero-order valence-corrected chi connectivity index (χ0v) is 14.2. The van der Waals surface area contributed by atoms with Crippen molar-refractivity contribution in [3.8, 4) is 0 Å². The predicted octanol–water partition coefficient (Wildman–Crippen LogP) is 0.308. The van der Waals surface area contributed by atoms with E-state index in [4.69, 9.17) is 5.11 Å². The third-order valence-electron chi connectivity index (χ3n) is 3.32. The molecule has 0 saturated heterocycles. The van der Waals surface area contributed by atoms with E-state index in [1.807, 2.05) is 0 Å². The van der Waals surface area contributed by atoms with Gasteiger partial charge in [-0.25, -0.2) is 0 Å². The summed E-state index contributed by atoms with van der Waals surface area (Å²) in [5.74, 6) is -1.02. The number of nitrogens with one attached hydrogen (secondary N) is 3. The van der Waals surface area contributed by atoms with Crippen LogP contribution in [0, 0.1) is 10.1 Å². The molecule has 0 bridgehead atoms. The molecule has 0 spiro atoms. The average Bonchev–Trinajstić information content (AvgIpc) is 2.48. The van der Waals surface area contributed by atoms with Gasteiger partial charge in [0.25, 0.3) is 5.69 Å². The number of rotatable bonds is 6. The number of carboxylic acid groups (broad SMARTS) is 1. The highest BCUT2D eigenvalue weighted by Gasteiger charge is 2.15. The highest BCUT2D eigenvalue weighted by molar-refractivity contribution is 8.93. The lowest BCUT2D eigenvalue weighted by Gasteiger charge is -2.10. The zero-order valence-electron chi connectivity index (χ0n) is 12.5. The standard InChI is InChI=1S/C13H14N4O6.BrH/c1-6(13(20)21)14-3-2-7-4-8(17(22)23)5-9-10(7)16-12(19)11(18)15-9;/h4-6,14H,2-3H2,1H3,(H,15,18)(H,16,19)(H,20,21);1H/t6-;/m0./s1. The van der Waals surface area contributed by atoms with Gasteiger partial charge in [-0.1, -0.05) is 0 Å². The Labute approximate surface area is 144 Å². The van der Waals surface area contributed by atoms with Crippen LogP contribution in [0.1, 0.15) is 12.5 Å². The highest BCUT2D eigenvalue weighted by Crippen LogP contribution is 2.21. The van der Waals surface area contributed by atoms with E-state index in [1.165, 1.54) is 13.0 Å². The maximum atomic E-state index is 11.4. The van der Waals surface area contributed by atoms with E-state index < -0.39 is 28.1 Å². The van der Waals surface area contributed by atoms with Crippen LogP contribution in [-0.4, -0.2) is 38.6 Å². The lowest BCUT2D eigenvalue weighted by Crippen LogP contribution is -2.35. The molecule has 0 radical (unpaired) electrons. The number of aromatic nitrogens is 2. The van der Waals surface area contributed by atoms with E-state index in [0.29, 0.717) is 5.56 Å². The molecule has 4 N–H and O–H groups in total. The number of hydrogen-bond donors (Lipinski definition) is 4. The van der Waals surface area contributed by atoms with Gasteiger partial charge >= 0.3 is 17.1 Å². The van der Waals surface area contributed by atoms with E-state index in [-0.39, 0.29) is 46.7 Å². The molecule has 1 aromatic heterocycles. The highest BCUT2D eigenvalue weighted by atomic mass is 79.9. The topological polar surface area (TPSA) is 158 Å². The Hall–Kier alpha value is -2.53. The fourth-order valence-electron chi connectivity index (χ4n) is 2.09. The lowest BCUT2D eigenvalue weighted by atomic mass is 10.1. The number of non-ortho nitro benzene ring substituents is 1. The molecule has 10 nitrogen and oxygen atoms in total. The number of fused-ring (bicyclic) bond motifs is 1. The normalized spacial score (nSPS) is 11.7. The molecule has 130 valence electrons. The first-order valence-electron chi connectivity index (χ1n) is 6.69. The number of nitrogens with zero attached hydrogens (tertiary/aromatic N) is 1. The maximum Gasteiger partial charge on any atom is 0.320 e. The SMILES string of the molecule is Br.C[C@H](NCCc1cc([N+](=O)[O-])cc2[nH]c(=O)c(=O)[nH]c12)C(=O)O. The molecule has 1 atom stereocenters. The van der Waals surface area contributed by atoms with Gasteiger partial charge in [-0.2, -0.15) is 0 Å². The Kier molecular flexibility index (Phi) is 6.37. The van der Waals surface area contributed by atoms with Gasteiger partial charge in [0, 0.05) is 18.7 Å². The van der Waals surface area contributed by atoms with Crippen LogP contribution in [0.15, 0.2) is 21.7 Å². The van der Waals surface area contributed by atoms with Crippen molar-refractivity contribution in [3.63, 3.8) is 0 Å². The van der Waals surface area contributed by atoms with Crippen molar-refractivity contribution in [1.82, 2.24) is 15.3 Å². The van der Waals surface area contributed by atoms with Gasteiger partial charge in [-0.05, 0) is 18.9 Å². The third kappa shape index (κ3) is 4.26. The Balaban J connectivity index is 0.00000288. The Morgan fingerprint density at radius 2 is 1.96 bits per heavy atom. The summed E-state index contributed by atoms with van der Waals surface area (Å²) < 4.78 is 0. The first-order valence-corrected chi connectivity index (χ1v) is 6.69. The van der Waals surface area contributed by atoms with Crippen LogP contribution < -0.4 is 16.4 Å². The monoisotopic (exact) mass is 402 g/mol. The van der Waals surface area contributed by atoms with Gasteiger partial charge in [0.15, 0.2) is 0 Å². The Bertz CT molecular complexity index is 890. The molecule has 1 heterocycles. The number of aliphatic carboxylic acids is 1. The maximum absolute atomic E-state index is 11.4. The Morgan fingerprint density at radius 1 is 1.33 bits per heavy atom. The lowest BCUT2D eigenvalue weighted by molar-refractivity contribution is -0.384. The Morgan fingerprint density at radius 3 is 2.54 bits per heavy atom. The largest absolute Gasteiger partial charge is 0.480 e. The minimum atomic E-state index is -1.02. The molecule has 2 aromatic rings. The number of halogens is 1. The smallest absolute Gasteiger partial charge is 0.320 e. The van der Waals surface area contributed by atoms with Crippen LogP contribution in [-0.2, 0) is 11.2 Å². The summed E-state index contributed by atoms with van der Waals surface area (Å²) in [5, 5.41) is 22.5. The van der Waals surface area contributed by atoms with Crippen LogP contribution in [0.5, 0.6) is 0 Å². The van der Waals surface area contributed by atoms with Gasteiger partial charge in [0.1, 0.15) is 6.04 Å². The van der Waals surface area contributed by atoms with Crippen molar-refractivity contribution in [2.24, 2.45) is 0 Å². The summed E-state index contributed by atoms with van der Waals surface area (Å²) in [6, 6.07) is 1.66. The number of benzene rings is 1. The quantitative estimate of drug-likeness (QED) is 0.307. The molecule has 0 fully saturated rings. The molecule has 24 heavy (non-hydrogen) atoms. The first-order chi connectivity index (χ1) is 10.8. The molecule has 2 rings (SSSR count). The summed E-state index contributed by atoms with van der Waals surface area (Å²) in [6.45, 7) is 1.69. The molecular weight excluding hydrogens is 388 g/mol. The molecule has 0 amide bonds. The predicted molar refractivity (Wildman–Crippen MR) is 91.0 cm³/mol. The minimum absolute atomic E-state index is 0. The second-order valence-corrected chi connectivity index (χ2v) is 4.96. The van der Waals surface area contributed by atoms with Crippen LogP contribution in [0.3, 0.4) is 0 Å². The molecule has 0 aliphatic heterocycles. The number of hydrogen-bond acceptors (Lipinski definition) is 6. The van der Waals surface area contributed by atoms with Crippen molar-refractivity contribution in [2.75, 3.05) is 6.54 Å². The van der Waals surface area contributed by atoms with Crippen LogP contribution in [0.4, 0.5) is 5.69 Å². The molecule has 0 aliphatic rings. The van der Waals surface area contributed by atoms with Crippen LogP contribution in [0.25, 0.3) is 11.0 Å². The van der Waals surface area contributed by atoms with Crippen LogP contribution >= 0.6 is 17.0 Å². The van der Waals surface area contributed by atoms with Gasteiger partial charge in [-0.15, -0.1) is 17.0 Å². The number of carboxylic acids is 1. The van der Waals surface area contributed by atoms with E-state index in [0.717, 1.165) is 6.07 Å². The molecular formula is C13H15BrN4O6. The second-order valence-electron chi connectivity index (χ2n) is 4.96. The van der Waals surface area contributed by atoms with E-state index in [1.54, 1.807) is 0 Å². The third-order valence-corrected chi connectivity index (χ3v) is 3.32. The fourth-order valence-corrected chi connectivity index (χ4v) is 2.09. The fraction of sp³-hybridized carbons (Fsp3) is 0.308. The summed E-state index contributed by atoms with van der Waals surface area (Å²) in [4.78, 5) is 48.6. The molecule has 1 aromatic carbocycles. The first kappa shape index (κ1) is 19.5. The summed E-state index contributed by atoms with van der Waals surface area (Å²) in [6.07, 6.45) is 0.234. The van der Waals surface area contributed by atoms with Gasteiger partial charge < -0.3 is 20.4 Å². The summed E-state index contributed by atoms with van der Waals surface area (Å²) >= 11 is 0. The van der Waals surface area contributed by atoms with Crippen molar-refractivity contribution in [2.45, 2.75) is 19.4 Å². The number of carbonyl (C=O) groups is 1. The number of nitro groups is 1. The number of nitro benzene ring substituents is 1. The zero-order chi connectivity index (χ0) is 17.1. The van der Waals surface area contributed by atoms with E-state index in [2.05, 4.69) is 15.3 Å². The number of aromatic amines is 2. The second kappa shape index (κ2) is 7.84.